The Kier molecular flexibility index (Phi) is 16.7. The summed E-state index contributed by atoms with van der Waals surface area (Å²) in [5.41, 5.74) is 0. The lowest BCUT2D eigenvalue weighted by Crippen LogP contribution is -1.92. The molecule has 0 rings (SSSR count). The Labute approximate surface area is 137 Å². The number of allylic oxidation sites excluding steroid dienone is 6. The minimum Gasteiger partial charge on any atom is -0.481 e. The second-order valence-corrected chi connectivity index (χ2v) is 5.73. The molecule has 0 unspecified atom stereocenters. The van der Waals surface area contributed by atoms with E-state index in [4.69, 9.17) is 5.11 Å². The molecule has 22 heavy (non-hydrogen) atoms. The number of unbranched alkanes of at least 4 members (excludes halogenated alkanes) is 7. The molecule has 1 N–H and O–H groups in total. The topological polar surface area (TPSA) is 37.3 Å². The van der Waals surface area contributed by atoms with Crippen molar-refractivity contribution in [3.05, 3.63) is 36.5 Å². The molecule has 0 bridgehead atoms. The molecule has 126 valence electrons. The standard InChI is InChI=1S/C20H34O2/c1-2-3-4-5-6-7-8-9-10-11-12-13-14-15-16-17-18-19-20(21)22/h9-10,12-13,15-16H,2-8,11,14,17-19H2,1H3,(H,21,22)/b10-9-,13-12?,16-15?. The fraction of sp³-hybridized carbons (Fsp3) is 0.650. The third kappa shape index (κ3) is 18.7. The van der Waals surface area contributed by atoms with Gasteiger partial charge < -0.3 is 5.11 Å². The lowest BCUT2D eigenvalue weighted by molar-refractivity contribution is -0.137. The average molecular weight is 306 g/mol. The Morgan fingerprint density at radius 2 is 1.23 bits per heavy atom. The van der Waals surface area contributed by atoms with Gasteiger partial charge in [0.15, 0.2) is 0 Å². The molecule has 2 nitrogen and oxygen atoms in total. The highest BCUT2D eigenvalue weighted by atomic mass is 16.4. The van der Waals surface area contributed by atoms with Crippen LogP contribution in [0.2, 0.25) is 0 Å². The molecule has 0 aliphatic rings. The van der Waals surface area contributed by atoms with E-state index in [9.17, 15) is 4.79 Å². The molecule has 0 radical (unpaired) electrons. The van der Waals surface area contributed by atoms with Gasteiger partial charge in [-0.15, -0.1) is 0 Å². The first-order valence-corrected chi connectivity index (χ1v) is 8.94. The van der Waals surface area contributed by atoms with Gasteiger partial charge >= 0.3 is 5.97 Å². The third-order valence-electron chi connectivity index (χ3n) is 3.53. The van der Waals surface area contributed by atoms with Crippen molar-refractivity contribution in [1.29, 1.82) is 0 Å². The summed E-state index contributed by atoms with van der Waals surface area (Å²) in [5, 5.41) is 8.50. The smallest absolute Gasteiger partial charge is 0.303 e. The monoisotopic (exact) mass is 306 g/mol. The van der Waals surface area contributed by atoms with E-state index >= 15 is 0 Å². The molecule has 0 atom stereocenters. The lowest BCUT2D eigenvalue weighted by atomic mass is 10.1. The average Bonchev–Trinajstić information content (AvgIpc) is 2.50. The van der Waals surface area contributed by atoms with Crippen LogP contribution in [0.5, 0.6) is 0 Å². The maximum absolute atomic E-state index is 10.3. The minimum absolute atomic E-state index is 0.267. The molecule has 0 fully saturated rings. The molecule has 0 aromatic heterocycles. The van der Waals surface area contributed by atoms with Crippen molar-refractivity contribution in [3.63, 3.8) is 0 Å². The fourth-order valence-corrected chi connectivity index (χ4v) is 2.19. The zero-order valence-electron chi connectivity index (χ0n) is 14.3. The van der Waals surface area contributed by atoms with E-state index in [0.717, 1.165) is 25.7 Å². The molecule has 0 spiro atoms. The second-order valence-electron chi connectivity index (χ2n) is 5.73. The fourth-order valence-electron chi connectivity index (χ4n) is 2.19. The highest BCUT2D eigenvalue weighted by Crippen LogP contribution is 2.07. The Bertz CT molecular complexity index is 327. The van der Waals surface area contributed by atoms with E-state index in [-0.39, 0.29) is 6.42 Å². The molecule has 0 saturated carbocycles. The van der Waals surface area contributed by atoms with Gasteiger partial charge in [-0.25, -0.2) is 0 Å². The molecule has 0 amide bonds. The first-order chi connectivity index (χ1) is 10.8. The summed E-state index contributed by atoms with van der Waals surface area (Å²) < 4.78 is 0. The zero-order valence-corrected chi connectivity index (χ0v) is 14.3. The number of aliphatic carboxylic acids is 1. The Morgan fingerprint density at radius 3 is 1.82 bits per heavy atom. The summed E-state index contributed by atoms with van der Waals surface area (Å²) in [6.07, 6.45) is 26.3. The Morgan fingerprint density at radius 1 is 0.727 bits per heavy atom. The van der Waals surface area contributed by atoms with Crippen LogP contribution >= 0.6 is 0 Å². The van der Waals surface area contributed by atoms with Crippen LogP contribution in [0.4, 0.5) is 0 Å². The van der Waals surface area contributed by atoms with Gasteiger partial charge in [0.1, 0.15) is 0 Å². The number of carboxylic acid groups (broad SMARTS) is 1. The van der Waals surface area contributed by atoms with Gasteiger partial charge in [0.25, 0.3) is 0 Å². The SMILES string of the molecule is CCCCCCCC/C=C\CC=CCC=CCCCC(=O)O. The molecule has 0 aliphatic heterocycles. The summed E-state index contributed by atoms with van der Waals surface area (Å²) in [6, 6.07) is 0. The molecule has 2 heteroatoms. The van der Waals surface area contributed by atoms with Crippen LogP contribution in [0.15, 0.2) is 36.5 Å². The predicted octanol–water partition coefficient (Wildman–Crippen LogP) is 6.44. The highest BCUT2D eigenvalue weighted by Gasteiger charge is 1.92. The number of hydrogen-bond donors (Lipinski definition) is 1. The third-order valence-corrected chi connectivity index (χ3v) is 3.53. The van der Waals surface area contributed by atoms with Gasteiger partial charge in [0.05, 0.1) is 0 Å². The van der Waals surface area contributed by atoms with Crippen LogP contribution in [0.3, 0.4) is 0 Å². The zero-order chi connectivity index (χ0) is 16.3. The molecular weight excluding hydrogens is 272 g/mol. The summed E-state index contributed by atoms with van der Waals surface area (Å²) in [7, 11) is 0. The maximum atomic E-state index is 10.3. The van der Waals surface area contributed by atoms with Gasteiger partial charge in [-0.1, -0.05) is 75.5 Å². The number of rotatable bonds is 15. The summed E-state index contributed by atoms with van der Waals surface area (Å²) in [4.78, 5) is 10.3. The molecule has 0 saturated heterocycles. The van der Waals surface area contributed by atoms with Crippen LogP contribution < -0.4 is 0 Å². The molecular formula is C20H34O2. The first kappa shape index (κ1) is 20.7. The summed E-state index contributed by atoms with van der Waals surface area (Å²) in [6.45, 7) is 2.26. The molecule has 0 heterocycles. The van der Waals surface area contributed by atoms with Crippen LogP contribution in [0.25, 0.3) is 0 Å². The van der Waals surface area contributed by atoms with Gasteiger partial charge in [0.2, 0.25) is 0 Å². The number of hydrogen-bond acceptors (Lipinski definition) is 1. The van der Waals surface area contributed by atoms with E-state index in [1.807, 2.05) is 0 Å². The van der Waals surface area contributed by atoms with E-state index in [1.54, 1.807) is 0 Å². The van der Waals surface area contributed by atoms with Crippen molar-refractivity contribution < 1.29 is 9.90 Å². The normalized spacial score (nSPS) is 12.0. The molecule has 0 aliphatic carbocycles. The van der Waals surface area contributed by atoms with Gasteiger partial charge in [0, 0.05) is 6.42 Å². The van der Waals surface area contributed by atoms with Crippen molar-refractivity contribution in [2.75, 3.05) is 0 Å². The summed E-state index contributed by atoms with van der Waals surface area (Å²) in [5.74, 6) is -0.707. The van der Waals surface area contributed by atoms with Gasteiger partial charge in [-0.3, -0.25) is 4.79 Å². The van der Waals surface area contributed by atoms with Crippen LogP contribution in [-0.4, -0.2) is 11.1 Å². The predicted molar refractivity (Wildman–Crippen MR) is 96.1 cm³/mol. The second kappa shape index (κ2) is 17.7. The van der Waals surface area contributed by atoms with Gasteiger partial charge in [-0.2, -0.15) is 0 Å². The van der Waals surface area contributed by atoms with Gasteiger partial charge in [-0.05, 0) is 38.5 Å². The lowest BCUT2D eigenvalue weighted by Gasteiger charge is -1.97. The maximum Gasteiger partial charge on any atom is 0.303 e. The van der Waals surface area contributed by atoms with Crippen molar-refractivity contribution in [2.24, 2.45) is 0 Å². The van der Waals surface area contributed by atoms with E-state index < -0.39 is 5.97 Å². The molecule has 0 aromatic carbocycles. The van der Waals surface area contributed by atoms with E-state index in [2.05, 4.69) is 43.4 Å². The Hall–Kier alpha value is -1.31. The van der Waals surface area contributed by atoms with Crippen LogP contribution in [0.1, 0.15) is 84.0 Å². The van der Waals surface area contributed by atoms with Crippen LogP contribution in [0, 0.1) is 0 Å². The van der Waals surface area contributed by atoms with Crippen LogP contribution in [-0.2, 0) is 4.79 Å². The molecule has 0 aromatic rings. The summed E-state index contributed by atoms with van der Waals surface area (Å²) >= 11 is 0. The van der Waals surface area contributed by atoms with E-state index in [1.165, 1.54) is 44.9 Å². The van der Waals surface area contributed by atoms with Crippen molar-refractivity contribution in [1.82, 2.24) is 0 Å². The van der Waals surface area contributed by atoms with Crippen molar-refractivity contribution in [2.45, 2.75) is 84.0 Å². The van der Waals surface area contributed by atoms with E-state index in [0.29, 0.717) is 0 Å². The quantitative estimate of drug-likeness (QED) is 0.279. The number of carbonyl (C=O) groups is 1. The highest BCUT2D eigenvalue weighted by molar-refractivity contribution is 5.66. The van der Waals surface area contributed by atoms with Crippen molar-refractivity contribution in [3.8, 4) is 0 Å². The Balaban J connectivity index is 3.30. The number of carboxylic acids is 1. The van der Waals surface area contributed by atoms with Crippen molar-refractivity contribution >= 4 is 5.97 Å². The largest absolute Gasteiger partial charge is 0.481 e. The minimum atomic E-state index is -0.707. The first-order valence-electron chi connectivity index (χ1n) is 8.94.